The summed E-state index contributed by atoms with van der Waals surface area (Å²) in [7, 11) is 0. The van der Waals surface area contributed by atoms with Crippen LogP contribution >= 0.6 is 11.6 Å². The summed E-state index contributed by atoms with van der Waals surface area (Å²) in [5, 5.41) is 6.05. The van der Waals surface area contributed by atoms with Crippen LogP contribution in [0.15, 0.2) is 60.8 Å². The Morgan fingerprint density at radius 3 is 2.72 bits per heavy atom. The van der Waals surface area contributed by atoms with Gasteiger partial charge in [0.25, 0.3) is 0 Å². The monoisotopic (exact) mass is 455 g/mol. The number of hydrogen-bond acceptors (Lipinski definition) is 5. The molecular weight excluding hydrogens is 430 g/mol. The van der Waals surface area contributed by atoms with Gasteiger partial charge in [-0.1, -0.05) is 60.2 Å². The summed E-state index contributed by atoms with van der Waals surface area (Å²) in [6.07, 6.45) is 5.93. The van der Waals surface area contributed by atoms with Gasteiger partial charge in [0, 0.05) is 25.6 Å². The molecule has 0 saturated heterocycles. The van der Waals surface area contributed by atoms with Crippen LogP contribution in [0.25, 0.3) is 0 Å². The van der Waals surface area contributed by atoms with E-state index in [0.717, 1.165) is 11.1 Å². The van der Waals surface area contributed by atoms with Gasteiger partial charge in [-0.25, -0.2) is 4.98 Å². The highest BCUT2D eigenvalue weighted by atomic mass is 35.5. The molecule has 2 atom stereocenters. The Morgan fingerprint density at radius 2 is 1.97 bits per heavy atom. The van der Waals surface area contributed by atoms with Gasteiger partial charge in [-0.15, -0.1) is 0 Å². The van der Waals surface area contributed by atoms with Crippen molar-refractivity contribution in [2.75, 3.05) is 6.54 Å². The first-order chi connectivity index (χ1) is 15.5. The lowest BCUT2D eigenvalue weighted by atomic mass is 9.98. The number of hydrogen-bond donors (Lipinski definition) is 2. The van der Waals surface area contributed by atoms with Crippen LogP contribution in [0.4, 0.5) is 0 Å². The maximum absolute atomic E-state index is 12.8. The summed E-state index contributed by atoms with van der Waals surface area (Å²) < 4.78 is 5.59. The van der Waals surface area contributed by atoms with Gasteiger partial charge in [-0.05, 0) is 30.0 Å². The fourth-order valence-electron chi connectivity index (χ4n) is 3.32. The number of cyclic esters (lactones) is 1. The van der Waals surface area contributed by atoms with Crippen LogP contribution in [0.1, 0.15) is 42.9 Å². The number of nitrogens with one attached hydrogen (secondary N) is 2. The Balaban J connectivity index is 1.62. The van der Waals surface area contributed by atoms with Gasteiger partial charge >= 0.3 is 5.97 Å². The topological polar surface area (TPSA) is 97.4 Å². The van der Waals surface area contributed by atoms with Crippen LogP contribution in [0, 0.1) is 5.92 Å². The molecule has 2 aromatic rings. The van der Waals surface area contributed by atoms with E-state index in [1.54, 1.807) is 18.3 Å². The van der Waals surface area contributed by atoms with Crippen molar-refractivity contribution in [3.8, 4) is 0 Å². The average Bonchev–Trinajstić information content (AvgIpc) is 2.80. The van der Waals surface area contributed by atoms with E-state index in [-0.39, 0.29) is 37.2 Å². The zero-order valence-electron chi connectivity index (χ0n) is 17.6. The lowest BCUT2D eigenvalue weighted by Gasteiger charge is -2.21. The van der Waals surface area contributed by atoms with Gasteiger partial charge < -0.3 is 15.4 Å². The second kappa shape index (κ2) is 12.0. The van der Waals surface area contributed by atoms with Gasteiger partial charge in [0.15, 0.2) is 0 Å². The van der Waals surface area contributed by atoms with Crippen LogP contribution < -0.4 is 10.6 Å². The molecular formula is C24H26ClN3O4. The van der Waals surface area contributed by atoms with Gasteiger partial charge in [-0.2, -0.15) is 0 Å². The van der Waals surface area contributed by atoms with E-state index in [0.29, 0.717) is 24.5 Å². The first kappa shape index (κ1) is 23.5. The molecule has 2 heterocycles. The number of pyridine rings is 1. The lowest BCUT2D eigenvalue weighted by Crippen LogP contribution is -2.37. The number of rotatable bonds is 5. The zero-order chi connectivity index (χ0) is 22.8. The maximum atomic E-state index is 12.8. The van der Waals surface area contributed by atoms with Crippen molar-refractivity contribution in [2.24, 2.45) is 5.92 Å². The first-order valence-electron chi connectivity index (χ1n) is 10.6. The van der Waals surface area contributed by atoms with Gasteiger partial charge in [0.05, 0.1) is 12.5 Å². The van der Waals surface area contributed by atoms with E-state index in [2.05, 4.69) is 15.6 Å². The SMILES string of the molecule is O=C(C[C@@H]1CC=CCCC(=O)OC(c2ccccc2)CNC1=O)NCc1ccc(Cl)nc1. The number of ether oxygens (including phenoxy) is 1. The summed E-state index contributed by atoms with van der Waals surface area (Å²) >= 11 is 5.78. The number of amides is 2. The maximum Gasteiger partial charge on any atom is 0.306 e. The first-order valence-corrected chi connectivity index (χ1v) is 10.9. The molecule has 0 saturated carbocycles. The third kappa shape index (κ3) is 7.50. The molecule has 1 aliphatic heterocycles. The van der Waals surface area contributed by atoms with Crippen LogP contribution in [-0.2, 0) is 25.7 Å². The molecule has 0 aliphatic carbocycles. The largest absolute Gasteiger partial charge is 0.456 e. The summed E-state index contributed by atoms with van der Waals surface area (Å²) in [6.45, 7) is 0.450. The molecule has 2 N–H and O–H groups in total. The fourth-order valence-corrected chi connectivity index (χ4v) is 3.43. The third-order valence-electron chi connectivity index (χ3n) is 5.09. The number of allylic oxidation sites excluding steroid dienone is 2. The molecule has 168 valence electrons. The minimum Gasteiger partial charge on any atom is -0.456 e. The number of halogens is 1. The molecule has 0 fully saturated rings. The number of nitrogens with zero attached hydrogens (tertiary/aromatic N) is 1. The molecule has 1 aromatic heterocycles. The van der Waals surface area contributed by atoms with Gasteiger partial charge in [0.1, 0.15) is 11.3 Å². The molecule has 3 rings (SSSR count). The van der Waals surface area contributed by atoms with Crippen molar-refractivity contribution in [3.63, 3.8) is 0 Å². The number of aromatic nitrogens is 1. The van der Waals surface area contributed by atoms with Crippen LogP contribution in [0.2, 0.25) is 5.15 Å². The third-order valence-corrected chi connectivity index (χ3v) is 5.31. The molecule has 1 unspecified atom stereocenters. The molecule has 1 aliphatic rings. The van der Waals surface area contributed by atoms with Crippen LogP contribution in [-0.4, -0.2) is 29.3 Å². The Morgan fingerprint density at radius 1 is 1.16 bits per heavy atom. The van der Waals surface area contributed by atoms with E-state index in [9.17, 15) is 14.4 Å². The molecule has 0 spiro atoms. The number of carbonyl (C=O) groups excluding carboxylic acids is 3. The van der Waals surface area contributed by atoms with Crippen molar-refractivity contribution in [3.05, 3.63) is 77.1 Å². The molecule has 7 nitrogen and oxygen atoms in total. The highest BCUT2D eigenvalue weighted by Crippen LogP contribution is 2.19. The lowest BCUT2D eigenvalue weighted by molar-refractivity contribution is -0.150. The molecule has 2 amide bonds. The second-order valence-corrected chi connectivity index (χ2v) is 7.93. The van der Waals surface area contributed by atoms with Crippen molar-refractivity contribution in [2.45, 2.75) is 38.3 Å². The molecule has 32 heavy (non-hydrogen) atoms. The predicted octanol–water partition coefficient (Wildman–Crippen LogP) is 3.50. The number of esters is 1. The van der Waals surface area contributed by atoms with E-state index in [1.165, 1.54) is 0 Å². The number of benzene rings is 1. The minimum atomic E-state index is -0.581. The summed E-state index contributed by atoms with van der Waals surface area (Å²) in [5.41, 5.74) is 1.62. The minimum absolute atomic E-state index is 0.0486. The summed E-state index contributed by atoms with van der Waals surface area (Å²) in [5.74, 6) is -1.32. The second-order valence-electron chi connectivity index (χ2n) is 7.55. The Labute approximate surface area is 192 Å². The normalized spacial score (nSPS) is 19.8. The molecule has 0 bridgehead atoms. The van der Waals surface area contributed by atoms with E-state index in [1.807, 2.05) is 42.5 Å². The van der Waals surface area contributed by atoms with Crippen molar-refractivity contribution in [1.82, 2.24) is 15.6 Å². The van der Waals surface area contributed by atoms with Crippen LogP contribution in [0.3, 0.4) is 0 Å². The standard InChI is InChI=1S/C24H26ClN3O4/c25-21-12-11-17(14-26-21)15-27-22(29)13-19-9-5-2-6-10-23(30)32-20(16-28-24(19)31)18-7-3-1-4-8-18/h1-5,7-8,11-12,14,19-20H,6,9-10,13,15-16H2,(H,27,29)(H,28,31)/t19-,20?/m0/s1. The highest BCUT2D eigenvalue weighted by Gasteiger charge is 2.24. The predicted molar refractivity (Wildman–Crippen MR) is 120 cm³/mol. The summed E-state index contributed by atoms with van der Waals surface area (Å²) in [4.78, 5) is 41.4. The average molecular weight is 456 g/mol. The summed E-state index contributed by atoms with van der Waals surface area (Å²) in [6, 6.07) is 12.7. The smallest absolute Gasteiger partial charge is 0.306 e. The molecule has 8 heteroatoms. The van der Waals surface area contributed by atoms with Gasteiger partial charge in [0.2, 0.25) is 11.8 Å². The van der Waals surface area contributed by atoms with Crippen molar-refractivity contribution in [1.29, 1.82) is 0 Å². The number of carbonyl (C=O) groups is 3. The highest BCUT2D eigenvalue weighted by molar-refractivity contribution is 6.29. The van der Waals surface area contributed by atoms with Gasteiger partial charge in [-0.3, -0.25) is 14.4 Å². The van der Waals surface area contributed by atoms with Crippen molar-refractivity contribution >= 4 is 29.4 Å². The van der Waals surface area contributed by atoms with Crippen molar-refractivity contribution < 1.29 is 19.1 Å². The molecule has 1 aromatic carbocycles. The quantitative estimate of drug-likeness (QED) is 0.408. The zero-order valence-corrected chi connectivity index (χ0v) is 18.4. The Bertz CT molecular complexity index is 947. The molecule has 0 radical (unpaired) electrons. The Kier molecular flexibility index (Phi) is 8.80. The van der Waals surface area contributed by atoms with E-state index < -0.39 is 12.0 Å². The fraction of sp³-hybridized carbons (Fsp3) is 0.333. The Hall–Kier alpha value is -3.19. The van der Waals surface area contributed by atoms with E-state index >= 15 is 0 Å². The van der Waals surface area contributed by atoms with Crippen LogP contribution in [0.5, 0.6) is 0 Å². The van der Waals surface area contributed by atoms with E-state index in [4.69, 9.17) is 16.3 Å².